The van der Waals surface area contributed by atoms with Gasteiger partial charge in [0.05, 0.1) is 11.7 Å². The van der Waals surface area contributed by atoms with Crippen molar-refractivity contribution in [3.8, 4) is 11.1 Å². The van der Waals surface area contributed by atoms with E-state index in [2.05, 4.69) is 20.2 Å². The highest BCUT2D eigenvalue weighted by Crippen LogP contribution is 2.37. The first-order valence-electron chi connectivity index (χ1n) is 8.32. The number of nitrogens with two attached hydrogens (primary N) is 1. The molecule has 1 saturated heterocycles. The second-order valence-corrected chi connectivity index (χ2v) is 6.16. The third-order valence-electron chi connectivity index (χ3n) is 4.53. The Morgan fingerprint density at radius 1 is 1.35 bits per heavy atom. The average Bonchev–Trinajstić information content (AvgIpc) is 3.33. The molecule has 0 spiro atoms. The molecule has 1 atom stereocenters. The van der Waals surface area contributed by atoms with Gasteiger partial charge < -0.3 is 10.6 Å². The molecule has 4 rings (SSSR count). The van der Waals surface area contributed by atoms with E-state index in [1.165, 1.54) is 12.1 Å². The first-order valence-corrected chi connectivity index (χ1v) is 8.32. The number of nitrogen functional groups attached to an aromatic ring is 1. The quantitative estimate of drug-likeness (QED) is 0.754. The van der Waals surface area contributed by atoms with Crippen molar-refractivity contribution in [2.75, 3.05) is 12.3 Å². The fourth-order valence-corrected chi connectivity index (χ4v) is 3.37. The number of aromatic amines is 1. The second kappa shape index (κ2) is 6.55. The average molecular weight is 352 g/mol. The lowest BCUT2D eigenvalue weighted by molar-refractivity contribution is 0.0727. The van der Waals surface area contributed by atoms with Crippen molar-refractivity contribution in [3.63, 3.8) is 0 Å². The number of halogens is 1. The third-order valence-corrected chi connectivity index (χ3v) is 4.53. The van der Waals surface area contributed by atoms with Gasteiger partial charge in [0, 0.05) is 24.5 Å². The minimum Gasteiger partial charge on any atom is -0.368 e. The predicted molar refractivity (Wildman–Crippen MR) is 93.4 cm³/mol. The predicted octanol–water partition coefficient (Wildman–Crippen LogP) is 2.57. The number of H-pyrrole nitrogens is 1. The molecule has 0 saturated carbocycles. The number of anilines is 1. The molecule has 2 aromatic heterocycles. The molecule has 1 fully saturated rings. The molecule has 132 valence electrons. The Hall–Kier alpha value is -3.29. The number of carbonyl (C=O) groups is 1. The van der Waals surface area contributed by atoms with Gasteiger partial charge in [-0.05, 0) is 36.6 Å². The summed E-state index contributed by atoms with van der Waals surface area (Å²) in [4.78, 5) is 23.0. The van der Waals surface area contributed by atoms with E-state index >= 15 is 0 Å². The van der Waals surface area contributed by atoms with Gasteiger partial charge >= 0.3 is 0 Å². The molecule has 0 unspecified atom stereocenters. The van der Waals surface area contributed by atoms with Crippen LogP contribution in [0.3, 0.4) is 0 Å². The zero-order chi connectivity index (χ0) is 18.1. The standard InChI is InChI=1S/C18H17FN6O/c19-12-4-1-3-11(9-12)13-10-21-18(20)23-16(13)15-5-2-8-25(15)17(26)14-6-7-22-24-14/h1,3-4,6-7,9-10,15H,2,5,8H2,(H,22,24)(H2,20,21,23)/t15-/m1/s1. The fourth-order valence-electron chi connectivity index (χ4n) is 3.37. The molecule has 1 aliphatic heterocycles. The van der Waals surface area contributed by atoms with Crippen LogP contribution in [-0.2, 0) is 0 Å². The normalized spacial score (nSPS) is 16.8. The number of hydrogen-bond acceptors (Lipinski definition) is 5. The highest BCUT2D eigenvalue weighted by atomic mass is 19.1. The number of nitrogens with zero attached hydrogens (tertiary/aromatic N) is 4. The molecule has 3 heterocycles. The number of aromatic nitrogens is 4. The van der Waals surface area contributed by atoms with E-state index in [-0.39, 0.29) is 23.7 Å². The van der Waals surface area contributed by atoms with Gasteiger partial charge in [-0.1, -0.05) is 12.1 Å². The maximum atomic E-state index is 13.7. The third kappa shape index (κ3) is 2.90. The maximum absolute atomic E-state index is 13.7. The van der Waals surface area contributed by atoms with Crippen molar-refractivity contribution in [1.82, 2.24) is 25.1 Å². The number of carbonyl (C=O) groups excluding carboxylic acids is 1. The van der Waals surface area contributed by atoms with Gasteiger partial charge in [0.15, 0.2) is 0 Å². The Labute approximate surface area is 149 Å². The monoisotopic (exact) mass is 352 g/mol. The van der Waals surface area contributed by atoms with E-state index in [1.54, 1.807) is 35.5 Å². The number of nitrogens with one attached hydrogen (secondary N) is 1. The van der Waals surface area contributed by atoms with Crippen molar-refractivity contribution >= 4 is 11.9 Å². The van der Waals surface area contributed by atoms with Crippen LogP contribution in [0.1, 0.15) is 35.1 Å². The number of rotatable bonds is 3. The molecule has 3 N–H and O–H groups in total. The molecule has 0 aliphatic carbocycles. The van der Waals surface area contributed by atoms with Crippen molar-refractivity contribution in [1.29, 1.82) is 0 Å². The Morgan fingerprint density at radius 2 is 2.23 bits per heavy atom. The largest absolute Gasteiger partial charge is 0.368 e. The number of likely N-dealkylation sites (tertiary alicyclic amines) is 1. The van der Waals surface area contributed by atoms with Gasteiger partial charge in [-0.3, -0.25) is 9.89 Å². The highest BCUT2D eigenvalue weighted by molar-refractivity contribution is 5.92. The summed E-state index contributed by atoms with van der Waals surface area (Å²) in [5.41, 5.74) is 8.19. The van der Waals surface area contributed by atoms with Crippen molar-refractivity contribution in [2.45, 2.75) is 18.9 Å². The Balaban J connectivity index is 1.77. The van der Waals surface area contributed by atoms with E-state index < -0.39 is 0 Å². The minimum atomic E-state index is -0.345. The van der Waals surface area contributed by atoms with E-state index in [9.17, 15) is 9.18 Å². The van der Waals surface area contributed by atoms with E-state index in [0.29, 0.717) is 29.1 Å². The van der Waals surface area contributed by atoms with Crippen LogP contribution in [0.25, 0.3) is 11.1 Å². The summed E-state index contributed by atoms with van der Waals surface area (Å²) in [5, 5.41) is 6.54. The van der Waals surface area contributed by atoms with Crippen molar-refractivity contribution in [2.24, 2.45) is 0 Å². The van der Waals surface area contributed by atoms with Crippen LogP contribution >= 0.6 is 0 Å². The SMILES string of the molecule is Nc1ncc(-c2cccc(F)c2)c([C@H]2CCCN2C(=O)c2ccn[nH]2)n1. The molecule has 0 bridgehead atoms. The summed E-state index contributed by atoms with van der Waals surface area (Å²) in [5.74, 6) is -0.365. The molecule has 7 nitrogen and oxygen atoms in total. The van der Waals surface area contributed by atoms with Gasteiger partial charge in [0.1, 0.15) is 11.5 Å². The molecule has 26 heavy (non-hydrogen) atoms. The molecule has 1 amide bonds. The summed E-state index contributed by atoms with van der Waals surface area (Å²) >= 11 is 0. The van der Waals surface area contributed by atoms with Crippen LogP contribution in [0.2, 0.25) is 0 Å². The number of hydrogen-bond donors (Lipinski definition) is 2. The van der Waals surface area contributed by atoms with Gasteiger partial charge in [0.2, 0.25) is 5.95 Å². The van der Waals surface area contributed by atoms with Crippen LogP contribution in [0.4, 0.5) is 10.3 Å². The fraction of sp³-hybridized carbons (Fsp3) is 0.222. The topological polar surface area (TPSA) is 101 Å². The summed E-state index contributed by atoms with van der Waals surface area (Å²) in [6.07, 6.45) is 4.72. The lowest BCUT2D eigenvalue weighted by Gasteiger charge is -2.25. The molecule has 3 aromatic rings. The lowest BCUT2D eigenvalue weighted by Crippen LogP contribution is -2.31. The Morgan fingerprint density at radius 3 is 3.00 bits per heavy atom. The van der Waals surface area contributed by atoms with E-state index in [4.69, 9.17) is 5.73 Å². The Bertz CT molecular complexity index is 943. The van der Waals surface area contributed by atoms with Gasteiger partial charge in [-0.25, -0.2) is 14.4 Å². The zero-order valence-corrected chi connectivity index (χ0v) is 13.9. The van der Waals surface area contributed by atoms with Crippen molar-refractivity contribution < 1.29 is 9.18 Å². The minimum absolute atomic E-state index is 0.126. The summed E-state index contributed by atoms with van der Waals surface area (Å²) in [7, 11) is 0. The molecule has 0 radical (unpaired) electrons. The first-order chi connectivity index (χ1) is 12.6. The van der Waals surface area contributed by atoms with Crippen LogP contribution in [0.5, 0.6) is 0 Å². The van der Waals surface area contributed by atoms with Gasteiger partial charge in [-0.2, -0.15) is 5.10 Å². The Kier molecular flexibility index (Phi) is 4.08. The van der Waals surface area contributed by atoms with Crippen LogP contribution in [0.15, 0.2) is 42.7 Å². The number of benzene rings is 1. The smallest absolute Gasteiger partial charge is 0.272 e. The van der Waals surface area contributed by atoms with E-state index in [1.807, 2.05) is 0 Å². The molecular formula is C18H17FN6O. The number of amides is 1. The molecule has 1 aromatic carbocycles. The summed E-state index contributed by atoms with van der Waals surface area (Å²) in [6, 6.07) is 7.61. The molecule has 8 heteroatoms. The van der Waals surface area contributed by atoms with Crippen molar-refractivity contribution in [3.05, 3.63) is 59.9 Å². The highest BCUT2D eigenvalue weighted by Gasteiger charge is 2.34. The van der Waals surface area contributed by atoms with E-state index in [0.717, 1.165) is 12.8 Å². The van der Waals surface area contributed by atoms with Gasteiger partial charge in [-0.15, -0.1) is 0 Å². The molecule has 1 aliphatic rings. The van der Waals surface area contributed by atoms with Crippen LogP contribution in [-0.4, -0.2) is 37.5 Å². The van der Waals surface area contributed by atoms with Gasteiger partial charge in [0.25, 0.3) is 5.91 Å². The van der Waals surface area contributed by atoms with Crippen LogP contribution < -0.4 is 5.73 Å². The maximum Gasteiger partial charge on any atom is 0.272 e. The molecular weight excluding hydrogens is 335 g/mol. The lowest BCUT2D eigenvalue weighted by atomic mass is 9.99. The summed E-state index contributed by atoms with van der Waals surface area (Å²) in [6.45, 7) is 0.606. The second-order valence-electron chi connectivity index (χ2n) is 6.16. The summed E-state index contributed by atoms with van der Waals surface area (Å²) < 4.78 is 13.7. The zero-order valence-electron chi connectivity index (χ0n) is 13.9. The first kappa shape index (κ1) is 16.2. The van der Waals surface area contributed by atoms with Crippen LogP contribution in [0, 0.1) is 5.82 Å².